The summed E-state index contributed by atoms with van der Waals surface area (Å²) in [7, 11) is 0. The Kier molecular flexibility index (Phi) is 3.87. The highest BCUT2D eigenvalue weighted by Crippen LogP contribution is 2.41. The number of nitro benzene ring substituents is 1. The first kappa shape index (κ1) is 12.9. The van der Waals surface area contributed by atoms with Crippen molar-refractivity contribution in [3.05, 3.63) is 39.9 Å². The topological polar surface area (TPSA) is 66.9 Å². The van der Waals surface area contributed by atoms with E-state index in [0.29, 0.717) is 0 Å². The summed E-state index contributed by atoms with van der Waals surface area (Å²) in [5.41, 5.74) is 1.17. The number of thioether (sulfide) groups is 1. The summed E-state index contributed by atoms with van der Waals surface area (Å²) in [6.07, 6.45) is 3.70. The fraction of sp³-hybridized carbons (Fsp3) is 0.462. The van der Waals surface area contributed by atoms with Crippen molar-refractivity contribution in [2.75, 3.05) is 5.75 Å². The number of hydrogen-bond acceptors (Lipinski definition) is 4. The first-order chi connectivity index (χ1) is 8.65. The minimum Gasteiger partial charge on any atom is -0.258 e. The Morgan fingerprint density at radius 1 is 1.44 bits per heavy atom. The van der Waals surface area contributed by atoms with Crippen LogP contribution in [0.3, 0.4) is 0 Å². The molecule has 0 N–H and O–H groups in total. The first-order valence-corrected chi connectivity index (χ1v) is 6.92. The van der Waals surface area contributed by atoms with E-state index in [1.165, 1.54) is 12.1 Å². The van der Waals surface area contributed by atoms with Gasteiger partial charge in [-0.3, -0.25) is 10.1 Å². The Morgan fingerprint density at radius 3 is 2.67 bits per heavy atom. The molecule has 0 aliphatic carbocycles. The molecule has 1 aliphatic rings. The average Bonchev–Trinajstić information content (AvgIpc) is 2.86. The maximum absolute atomic E-state index is 10.5. The second-order valence-electron chi connectivity index (χ2n) is 4.48. The van der Waals surface area contributed by atoms with Crippen LogP contribution in [0.25, 0.3) is 0 Å². The van der Waals surface area contributed by atoms with Crippen molar-refractivity contribution in [1.82, 2.24) is 0 Å². The van der Waals surface area contributed by atoms with E-state index in [1.54, 1.807) is 23.9 Å². The number of non-ortho nitro benzene ring substituents is 1. The van der Waals surface area contributed by atoms with Crippen LogP contribution in [0.1, 0.15) is 24.8 Å². The number of nitriles is 1. The summed E-state index contributed by atoms with van der Waals surface area (Å²) in [5.74, 6) is 1.06. The van der Waals surface area contributed by atoms with Crippen molar-refractivity contribution >= 4 is 17.4 Å². The third-order valence-electron chi connectivity index (χ3n) is 3.27. The van der Waals surface area contributed by atoms with Crippen molar-refractivity contribution < 1.29 is 4.92 Å². The van der Waals surface area contributed by atoms with Gasteiger partial charge in [0.15, 0.2) is 0 Å². The van der Waals surface area contributed by atoms with Crippen LogP contribution in [0.2, 0.25) is 0 Å². The molecule has 0 aromatic heterocycles. The Bertz CT molecular complexity index is 473. The molecule has 94 valence electrons. The van der Waals surface area contributed by atoms with E-state index in [2.05, 4.69) is 6.07 Å². The largest absolute Gasteiger partial charge is 0.269 e. The molecule has 1 atom stereocenters. The van der Waals surface area contributed by atoms with Gasteiger partial charge in [0.05, 0.1) is 11.0 Å². The van der Waals surface area contributed by atoms with E-state index in [0.717, 1.165) is 37.0 Å². The highest BCUT2D eigenvalue weighted by atomic mass is 32.2. The highest BCUT2D eigenvalue weighted by molar-refractivity contribution is 8.01. The van der Waals surface area contributed by atoms with Crippen LogP contribution in [-0.4, -0.2) is 15.4 Å². The van der Waals surface area contributed by atoms with Crippen molar-refractivity contribution in [2.45, 2.75) is 30.4 Å². The lowest BCUT2D eigenvalue weighted by Gasteiger charge is -2.18. The summed E-state index contributed by atoms with van der Waals surface area (Å²) >= 11 is 1.75. The number of benzene rings is 1. The SMILES string of the molecule is N#CC1(CCc2ccc([N+](=O)[O-])cc2)CCCS1. The second-order valence-corrected chi connectivity index (χ2v) is 5.96. The molecule has 1 aromatic rings. The molecular weight excluding hydrogens is 248 g/mol. The van der Waals surface area contributed by atoms with Crippen molar-refractivity contribution in [1.29, 1.82) is 5.26 Å². The van der Waals surface area contributed by atoms with Gasteiger partial charge in [0.2, 0.25) is 0 Å². The van der Waals surface area contributed by atoms with Crippen LogP contribution in [0.5, 0.6) is 0 Å². The molecule has 0 spiro atoms. The quantitative estimate of drug-likeness (QED) is 0.616. The number of nitrogens with zero attached hydrogens (tertiary/aromatic N) is 2. The highest BCUT2D eigenvalue weighted by Gasteiger charge is 2.34. The van der Waals surface area contributed by atoms with E-state index in [1.807, 2.05) is 0 Å². The van der Waals surface area contributed by atoms with Gasteiger partial charge in [-0.25, -0.2) is 0 Å². The summed E-state index contributed by atoms with van der Waals surface area (Å²) < 4.78 is -0.234. The van der Waals surface area contributed by atoms with Gasteiger partial charge < -0.3 is 0 Å². The van der Waals surface area contributed by atoms with Gasteiger partial charge in [0.25, 0.3) is 5.69 Å². The molecule has 1 aliphatic heterocycles. The van der Waals surface area contributed by atoms with Crippen LogP contribution in [-0.2, 0) is 6.42 Å². The van der Waals surface area contributed by atoms with Crippen molar-refractivity contribution in [2.24, 2.45) is 0 Å². The standard InChI is InChI=1S/C13H14N2O2S/c14-10-13(7-1-9-18-13)8-6-11-2-4-12(5-3-11)15(16)17/h2-5H,1,6-9H2. The molecule has 0 bridgehead atoms. The summed E-state index contributed by atoms with van der Waals surface area (Å²) in [5, 5.41) is 19.8. The van der Waals surface area contributed by atoms with Crippen LogP contribution >= 0.6 is 11.8 Å². The average molecular weight is 262 g/mol. The molecule has 1 saturated heterocycles. The predicted octanol–water partition coefficient (Wildman–Crippen LogP) is 3.32. The predicted molar refractivity (Wildman–Crippen MR) is 71.5 cm³/mol. The molecule has 1 heterocycles. The van der Waals surface area contributed by atoms with Gasteiger partial charge in [-0.15, -0.1) is 11.8 Å². The van der Waals surface area contributed by atoms with Crippen LogP contribution in [0.15, 0.2) is 24.3 Å². The number of aryl methyl sites for hydroxylation is 1. The molecule has 0 amide bonds. The first-order valence-electron chi connectivity index (χ1n) is 5.94. The van der Waals surface area contributed by atoms with Gasteiger partial charge in [0.1, 0.15) is 4.75 Å². The van der Waals surface area contributed by atoms with Gasteiger partial charge in [-0.1, -0.05) is 12.1 Å². The molecule has 18 heavy (non-hydrogen) atoms. The summed E-state index contributed by atoms with van der Waals surface area (Å²) in [6.45, 7) is 0. The van der Waals surface area contributed by atoms with Crippen molar-refractivity contribution in [3.63, 3.8) is 0 Å². The summed E-state index contributed by atoms with van der Waals surface area (Å²) in [6, 6.07) is 9.04. The molecule has 1 fully saturated rings. The van der Waals surface area contributed by atoms with E-state index in [9.17, 15) is 15.4 Å². The maximum Gasteiger partial charge on any atom is 0.269 e. The fourth-order valence-electron chi connectivity index (χ4n) is 2.17. The molecule has 1 unspecified atom stereocenters. The van der Waals surface area contributed by atoms with E-state index in [-0.39, 0.29) is 10.4 Å². The molecule has 0 radical (unpaired) electrons. The molecule has 2 rings (SSSR count). The number of rotatable bonds is 4. The molecule has 4 nitrogen and oxygen atoms in total. The van der Waals surface area contributed by atoms with Crippen molar-refractivity contribution in [3.8, 4) is 6.07 Å². The minimum atomic E-state index is -0.395. The second kappa shape index (κ2) is 5.40. The zero-order valence-electron chi connectivity index (χ0n) is 9.96. The van der Waals surface area contributed by atoms with Gasteiger partial charge in [0, 0.05) is 12.1 Å². The van der Waals surface area contributed by atoms with E-state index in [4.69, 9.17) is 0 Å². The lowest BCUT2D eigenvalue weighted by atomic mass is 9.96. The Hall–Kier alpha value is -1.54. The van der Waals surface area contributed by atoms with Crippen LogP contribution in [0, 0.1) is 21.4 Å². The smallest absolute Gasteiger partial charge is 0.258 e. The van der Waals surface area contributed by atoms with Crippen LogP contribution < -0.4 is 0 Å². The normalized spacial score (nSPS) is 22.6. The van der Waals surface area contributed by atoms with Gasteiger partial charge >= 0.3 is 0 Å². The summed E-state index contributed by atoms with van der Waals surface area (Å²) in [4.78, 5) is 10.1. The molecule has 0 saturated carbocycles. The third-order valence-corrected chi connectivity index (χ3v) is 4.82. The zero-order valence-corrected chi connectivity index (χ0v) is 10.8. The monoisotopic (exact) mass is 262 g/mol. The lowest BCUT2D eigenvalue weighted by molar-refractivity contribution is -0.384. The molecular formula is C13H14N2O2S. The Labute approximate surface area is 110 Å². The number of nitro groups is 1. The molecule has 5 heteroatoms. The lowest BCUT2D eigenvalue weighted by Crippen LogP contribution is -2.19. The third kappa shape index (κ3) is 2.82. The van der Waals surface area contributed by atoms with E-state index < -0.39 is 4.92 Å². The molecule has 1 aromatic carbocycles. The van der Waals surface area contributed by atoms with Gasteiger partial charge in [-0.05, 0) is 37.0 Å². The number of hydrogen-bond donors (Lipinski definition) is 0. The van der Waals surface area contributed by atoms with Gasteiger partial charge in [-0.2, -0.15) is 5.26 Å². The van der Waals surface area contributed by atoms with Crippen LogP contribution in [0.4, 0.5) is 5.69 Å². The fourth-order valence-corrected chi connectivity index (χ4v) is 3.45. The Balaban J connectivity index is 1.98. The zero-order chi connectivity index (χ0) is 13.0. The maximum atomic E-state index is 10.5. The Morgan fingerprint density at radius 2 is 2.17 bits per heavy atom. The van der Waals surface area contributed by atoms with E-state index >= 15 is 0 Å². The minimum absolute atomic E-state index is 0.115.